The van der Waals surface area contributed by atoms with Crippen molar-refractivity contribution in [3.05, 3.63) is 78.0 Å². The minimum absolute atomic E-state index is 0.323. The van der Waals surface area contributed by atoms with E-state index in [1.165, 1.54) is 24.5 Å². The quantitative estimate of drug-likeness (QED) is 0.591. The van der Waals surface area contributed by atoms with Crippen LogP contribution in [0.25, 0.3) is 11.4 Å². The van der Waals surface area contributed by atoms with Crippen molar-refractivity contribution in [2.75, 3.05) is 5.32 Å². The SMILES string of the molecule is O=C(Nc1cnc(-c2ccccc2)nc1)c1cc[n+]([O-])cc1. The van der Waals surface area contributed by atoms with Crippen LogP contribution in [0.3, 0.4) is 0 Å². The van der Waals surface area contributed by atoms with Crippen LogP contribution < -0.4 is 10.0 Å². The summed E-state index contributed by atoms with van der Waals surface area (Å²) in [5.74, 6) is 0.266. The molecule has 0 spiro atoms. The van der Waals surface area contributed by atoms with Crippen molar-refractivity contribution in [2.45, 2.75) is 0 Å². The summed E-state index contributed by atoms with van der Waals surface area (Å²) in [6.07, 6.45) is 5.63. The minimum atomic E-state index is -0.323. The highest BCUT2D eigenvalue weighted by Gasteiger charge is 2.08. The van der Waals surface area contributed by atoms with Crippen molar-refractivity contribution in [1.82, 2.24) is 9.97 Å². The van der Waals surface area contributed by atoms with E-state index in [9.17, 15) is 10.0 Å². The molecular weight excluding hydrogens is 280 g/mol. The van der Waals surface area contributed by atoms with E-state index in [1.807, 2.05) is 30.3 Å². The van der Waals surface area contributed by atoms with Gasteiger partial charge >= 0.3 is 0 Å². The zero-order valence-corrected chi connectivity index (χ0v) is 11.5. The largest absolute Gasteiger partial charge is 0.619 e. The summed E-state index contributed by atoms with van der Waals surface area (Å²) in [5.41, 5.74) is 1.78. The first kappa shape index (κ1) is 13.7. The normalized spacial score (nSPS) is 10.2. The zero-order valence-electron chi connectivity index (χ0n) is 11.5. The predicted molar refractivity (Wildman–Crippen MR) is 80.8 cm³/mol. The van der Waals surface area contributed by atoms with Crippen molar-refractivity contribution in [2.24, 2.45) is 0 Å². The number of aromatic nitrogens is 3. The van der Waals surface area contributed by atoms with E-state index in [4.69, 9.17) is 0 Å². The number of nitrogens with zero attached hydrogens (tertiary/aromatic N) is 3. The Hall–Kier alpha value is -3.28. The molecule has 0 saturated heterocycles. The fraction of sp³-hybridized carbons (Fsp3) is 0. The van der Waals surface area contributed by atoms with Gasteiger partial charge in [0.1, 0.15) is 0 Å². The van der Waals surface area contributed by atoms with Gasteiger partial charge in [0, 0.05) is 17.7 Å². The van der Waals surface area contributed by atoms with Gasteiger partial charge in [-0.3, -0.25) is 4.79 Å². The maximum Gasteiger partial charge on any atom is 0.256 e. The van der Waals surface area contributed by atoms with Crippen molar-refractivity contribution in [1.29, 1.82) is 0 Å². The Labute approximate surface area is 126 Å². The smallest absolute Gasteiger partial charge is 0.256 e. The molecule has 6 heteroatoms. The molecule has 0 atom stereocenters. The van der Waals surface area contributed by atoms with Crippen LogP contribution in [0.15, 0.2) is 67.3 Å². The van der Waals surface area contributed by atoms with Gasteiger partial charge in [-0.1, -0.05) is 30.3 Å². The molecule has 3 rings (SSSR count). The zero-order chi connectivity index (χ0) is 15.4. The molecule has 0 unspecified atom stereocenters. The maximum atomic E-state index is 12.0. The summed E-state index contributed by atoms with van der Waals surface area (Å²) in [4.78, 5) is 20.5. The number of carbonyl (C=O) groups is 1. The van der Waals surface area contributed by atoms with E-state index in [0.29, 0.717) is 21.8 Å². The summed E-state index contributed by atoms with van der Waals surface area (Å²) in [6.45, 7) is 0. The van der Waals surface area contributed by atoms with Gasteiger partial charge in [0.25, 0.3) is 5.91 Å². The van der Waals surface area contributed by atoms with E-state index in [-0.39, 0.29) is 5.91 Å². The molecule has 0 fully saturated rings. The van der Waals surface area contributed by atoms with Crippen LogP contribution in [-0.2, 0) is 0 Å². The molecule has 3 aromatic rings. The second-order valence-corrected chi connectivity index (χ2v) is 4.56. The van der Waals surface area contributed by atoms with E-state index in [2.05, 4.69) is 15.3 Å². The van der Waals surface area contributed by atoms with Crippen molar-refractivity contribution < 1.29 is 9.52 Å². The average Bonchev–Trinajstić information content (AvgIpc) is 2.57. The van der Waals surface area contributed by atoms with E-state index in [0.717, 1.165) is 5.56 Å². The molecule has 0 saturated carbocycles. The number of rotatable bonds is 3. The molecule has 1 amide bonds. The van der Waals surface area contributed by atoms with Crippen LogP contribution in [-0.4, -0.2) is 15.9 Å². The molecule has 0 aliphatic carbocycles. The molecule has 0 radical (unpaired) electrons. The Morgan fingerprint density at radius 1 is 1.00 bits per heavy atom. The summed E-state index contributed by atoms with van der Waals surface area (Å²) in [5, 5.41) is 13.6. The molecule has 6 nitrogen and oxygen atoms in total. The Kier molecular flexibility index (Phi) is 3.74. The number of anilines is 1. The molecule has 0 aliphatic heterocycles. The third-order valence-corrected chi connectivity index (χ3v) is 3.01. The number of amides is 1. The first-order chi connectivity index (χ1) is 10.7. The highest BCUT2D eigenvalue weighted by Crippen LogP contribution is 2.15. The van der Waals surface area contributed by atoms with E-state index >= 15 is 0 Å². The summed E-state index contributed by atoms with van der Waals surface area (Å²) < 4.78 is 0.620. The third kappa shape index (κ3) is 3.06. The number of pyridine rings is 1. The topological polar surface area (TPSA) is 81.8 Å². The second-order valence-electron chi connectivity index (χ2n) is 4.56. The lowest BCUT2D eigenvalue weighted by molar-refractivity contribution is -0.605. The van der Waals surface area contributed by atoms with Crippen LogP contribution in [0, 0.1) is 5.21 Å². The lowest BCUT2D eigenvalue weighted by Gasteiger charge is -2.05. The van der Waals surface area contributed by atoms with Crippen LogP contribution in [0.5, 0.6) is 0 Å². The number of hydrogen-bond acceptors (Lipinski definition) is 4. The van der Waals surface area contributed by atoms with Gasteiger partial charge in [-0.25, -0.2) is 9.97 Å². The van der Waals surface area contributed by atoms with Crippen LogP contribution >= 0.6 is 0 Å². The highest BCUT2D eigenvalue weighted by atomic mass is 16.5. The first-order valence-corrected chi connectivity index (χ1v) is 6.60. The lowest BCUT2D eigenvalue weighted by atomic mass is 10.2. The van der Waals surface area contributed by atoms with Crippen LogP contribution in [0.1, 0.15) is 10.4 Å². The number of carbonyl (C=O) groups excluding carboxylic acids is 1. The highest BCUT2D eigenvalue weighted by molar-refractivity contribution is 6.03. The Bertz CT molecular complexity index is 772. The standard InChI is InChI=1S/C16H12N4O2/c21-16(13-6-8-20(22)9-7-13)19-14-10-17-15(18-11-14)12-4-2-1-3-5-12/h1-11H,(H,19,21). The van der Waals surface area contributed by atoms with E-state index < -0.39 is 0 Å². The monoisotopic (exact) mass is 292 g/mol. The predicted octanol–water partition coefficient (Wildman–Crippen LogP) is 2.03. The molecule has 1 aromatic carbocycles. The van der Waals surface area contributed by atoms with Crippen LogP contribution in [0.4, 0.5) is 5.69 Å². The van der Waals surface area contributed by atoms with Gasteiger partial charge in [0.2, 0.25) is 0 Å². The van der Waals surface area contributed by atoms with Crippen molar-refractivity contribution in [3.63, 3.8) is 0 Å². The van der Waals surface area contributed by atoms with Gasteiger partial charge < -0.3 is 10.5 Å². The molecule has 0 bridgehead atoms. The van der Waals surface area contributed by atoms with Gasteiger partial charge in [-0.15, -0.1) is 0 Å². The number of benzene rings is 1. The maximum absolute atomic E-state index is 12.0. The van der Waals surface area contributed by atoms with Crippen molar-refractivity contribution >= 4 is 11.6 Å². The molecule has 22 heavy (non-hydrogen) atoms. The fourth-order valence-corrected chi connectivity index (χ4v) is 1.90. The Morgan fingerprint density at radius 3 is 2.27 bits per heavy atom. The molecule has 2 aromatic heterocycles. The first-order valence-electron chi connectivity index (χ1n) is 6.60. The molecule has 1 N–H and O–H groups in total. The van der Waals surface area contributed by atoms with Gasteiger partial charge in [0.05, 0.1) is 23.6 Å². The Balaban J connectivity index is 1.73. The third-order valence-electron chi connectivity index (χ3n) is 3.01. The molecule has 2 heterocycles. The van der Waals surface area contributed by atoms with Gasteiger partial charge in [0.15, 0.2) is 18.2 Å². The Morgan fingerprint density at radius 2 is 1.64 bits per heavy atom. The average molecular weight is 292 g/mol. The van der Waals surface area contributed by atoms with Crippen LogP contribution in [0.2, 0.25) is 0 Å². The molecule has 108 valence electrons. The lowest BCUT2D eigenvalue weighted by Crippen LogP contribution is -2.25. The summed E-state index contributed by atoms with van der Waals surface area (Å²) in [6, 6.07) is 12.5. The molecular formula is C16H12N4O2. The van der Waals surface area contributed by atoms with Crippen molar-refractivity contribution in [3.8, 4) is 11.4 Å². The number of hydrogen-bond donors (Lipinski definition) is 1. The van der Waals surface area contributed by atoms with Gasteiger partial charge in [-0.05, 0) is 0 Å². The molecule has 0 aliphatic rings. The van der Waals surface area contributed by atoms with E-state index in [1.54, 1.807) is 12.4 Å². The summed E-state index contributed by atoms with van der Waals surface area (Å²) >= 11 is 0. The second kappa shape index (κ2) is 6.01. The fourth-order valence-electron chi connectivity index (χ4n) is 1.90. The minimum Gasteiger partial charge on any atom is -0.619 e. The summed E-state index contributed by atoms with van der Waals surface area (Å²) in [7, 11) is 0. The number of nitrogens with one attached hydrogen (secondary N) is 1. The van der Waals surface area contributed by atoms with Gasteiger partial charge in [-0.2, -0.15) is 4.73 Å².